The molecule has 2 atom stereocenters. The van der Waals surface area contributed by atoms with Gasteiger partial charge in [-0.2, -0.15) is 0 Å². The molecule has 0 saturated carbocycles. The first-order valence-corrected chi connectivity index (χ1v) is 9.84. The first-order chi connectivity index (χ1) is 10.6. The fraction of sp³-hybridized carbons (Fsp3) is 0.950. The molecule has 0 fully saturated rings. The Morgan fingerprint density at radius 1 is 0.773 bits per heavy atom. The number of carboxylic acids is 1. The second kappa shape index (κ2) is 15.4. The molecule has 0 aliphatic rings. The number of rotatable bonds is 16. The van der Waals surface area contributed by atoms with Gasteiger partial charge in [0.05, 0.1) is 5.92 Å². The van der Waals surface area contributed by atoms with E-state index in [4.69, 9.17) is 5.11 Å². The lowest BCUT2D eigenvalue weighted by Gasteiger charge is -2.16. The standard InChI is InChI=1S/C20H40O2/c1-4-6-7-8-9-10-11-12-13-14-15-19(5-2)17-16-18(3)20(21)22/h18-19H,4-17H2,1-3H3,(H,21,22). The van der Waals surface area contributed by atoms with Gasteiger partial charge in [0.2, 0.25) is 0 Å². The van der Waals surface area contributed by atoms with Crippen LogP contribution in [0.25, 0.3) is 0 Å². The lowest BCUT2D eigenvalue weighted by Crippen LogP contribution is -2.11. The summed E-state index contributed by atoms with van der Waals surface area (Å²) in [5.74, 6) is -0.0913. The summed E-state index contributed by atoms with van der Waals surface area (Å²) in [4.78, 5) is 10.8. The van der Waals surface area contributed by atoms with Gasteiger partial charge in [-0.1, -0.05) is 97.8 Å². The minimum Gasteiger partial charge on any atom is -0.481 e. The van der Waals surface area contributed by atoms with Crippen LogP contribution in [-0.4, -0.2) is 11.1 Å². The normalized spacial score (nSPS) is 14.0. The molecule has 0 aromatic rings. The number of carbonyl (C=O) groups is 1. The second-order valence-corrected chi connectivity index (χ2v) is 7.06. The SMILES string of the molecule is CCCCCCCCCCCCC(CC)CCC(C)C(=O)O. The van der Waals surface area contributed by atoms with Crippen LogP contribution in [-0.2, 0) is 4.79 Å². The molecule has 0 amide bonds. The van der Waals surface area contributed by atoms with E-state index in [9.17, 15) is 4.79 Å². The summed E-state index contributed by atoms with van der Waals surface area (Å²) in [5.41, 5.74) is 0. The molecule has 0 aliphatic heterocycles. The molecule has 0 radical (unpaired) electrons. The summed E-state index contributed by atoms with van der Waals surface area (Å²) in [6.45, 7) is 6.34. The highest BCUT2D eigenvalue weighted by Crippen LogP contribution is 2.22. The predicted molar refractivity (Wildman–Crippen MR) is 96.3 cm³/mol. The zero-order valence-electron chi connectivity index (χ0n) is 15.4. The van der Waals surface area contributed by atoms with Gasteiger partial charge in [0, 0.05) is 0 Å². The van der Waals surface area contributed by atoms with Crippen molar-refractivity contribution in [1.29, 1.82) is 0 Å². The van der Waals surface area contributed by atoms with Crippen molar-refractivity contribution >= 4 is 5.97 Å². The smallest absolute Gasteiger partial charge is 0.306 e. The highest BCUT2D eigenvalue weighted by molar-refractivity contribution is 5.69. The maximum atomic E-state index is 10.8. The van der Waals surface area contributed by atoms with Gasteiger partial charge in [0.15, 0.2) is 0 Å². The maximum Gasteiger partial charge on any atom is 0.306 e. The Hall–Kier alpha value is -0.530. The van der Waals surface area contributed by atoms with Crippen LogP contribution in [0.5, 0.6) is 0 Å². The van der Waals surface area contributed by atoms with Crippen LogP contribution >= 0.6 is 0 Å². The average molecular weight is 313 g/mol. The Balaban J connectivity index is 3.41. The quantitative estimate of drug-likeness (QED) is 0.317. The summed E-state index contributed by atoms with van der Waals surface area (Å²) in [6.07, 6.45) is 18.3. The van der Waals surface area contributed by atoms with Crippen molar-refractivity contribution in [2.75, 3.05) is 0 Å². The van der Waals surface area contributed by atoms with Gasteiger partial charge in [-0.3, -0.25) is 4.79 Å². The Morgan fingerprint density at radius 2 is 1.27 bits per heavy atom. The van der Waals surface area contributed by atoms with E-state index < -0.39 is 5.97 Å². The van der Waals surface area contributed by atoms with Crippen molar-refractivity contribution in [3.8, 4) is 0 Å². The van der Waals surface area contributed by atoms with Gasteiger partial charge in [0.1, 0.15) is 0 Å². The van der Waals surface area contributed by atoms with E-state index in [-0.39, 0.29) is 5.92 Å². The average Bonchev–Trinajstić information content (AvgIpc) is 2.51. The van der Waals surface area contributed by atoms with Crippen LogP contribution in [0.15, 0.2) is 0 Å². The van der Waals surface area contributed by atoms with E-state index in [0.29, 0.717) is 0 Å². The van der Waals surface area contributed by atoms with Crippen molar-refractivity contribution < 1.29 is 9.90 Å². The van der Waals surface area contributed by atoms with Gasteiger partial charge >= 0.3 is 5.97 Å². The van der Waals surface area contributed by atoms with Crippen LogP contribution < -0.4 is 0 Å². The Morgan fingerprint density at radius 3 is 1.73 bits per heavy atom. The zero-order chi connectivity index (χ0) is 16.6. The molecule has 0 aromatic carbocycles. The lowest BCUT2D eigenvalue weighted by atomic mass is 9.90. The summed E-state index contributed by atoms with van der Waals surface area (Å²) < 4.78 is 0. The number of hydrogen-bond donors (Lipinski definition) is 1. The third-order valence-corrected chi connectivity index (χ3v) is 4.97. The van der Waals surface area contributed by atoms with E-state index in [1.165, 1.54) is 77.0 Å². The monoisotopic (exact) mass is 312 g/mol. The van der Waals surface area contributed by atoms with E-state index in [1.54, 1.807) is 0 Å². The summed E-state index contributed by atoms with van der Waals surface area (Å²) in [7, 11) is 0. The molecule has 132 valence electrons. The summed E-state index contributed by atoms with van der Waals surface area (Å²) in [6, 6.07) is 0. The van der Waals surface area contributed by atoms with E-state index in [1.807, 2.05) is 6.92 Å². The summed E-state index contributed by atoms with van der Waals surface area (Å²) in [5, 5.41) is 8.93. The molecule has 2 nitrogen and oxygen atoms in total. The molecule has 22 heavy (non-hydrogen) atoms. The largest absolute Gasteiger partial charge is 0.481 e. The topological polar surface area (TPSA) is 37.3 Å². The molecule has 0 rings (SSSR count). The van der Waals surface area contributed by atoms with Gasteiger partial charge in [-0.05, 0) is 18.8 Å². The molecule has 0 aromatic heterocycles. The van der Waals surface area contributed by atoms with Gasteiger partial charge in [-0.25, -0.2) is 0 Å². The van der Waals surface area contributed by atoms with E-state index >= 15 is 0 Å². The molecule has 1 N–H and O–H groups in total. The Labute approximate surface area is 139 Å². The van der Waals surface area contributed by atoms with Crippen LogP contribution in [0.1, 0.15) is 111 Å². The third-order valence-electron chi connectivity index (χ3n) is 4.97. The number of hydrogen-bond acceptors (Lipinski definition) is 1. The highest BCUT2D eigenvalue weighted by atomic mass is 16.4. The molecule has 0 saturated heterocycles. The first kappa shape index (κ1) is 21.5. The van der Waals surface area contributed by atoms with Crippen molar-refractivity contribution in [1.82, 2.24) is 0 Å². The number of unbranched alkanes of at least 4 members (excludes halogenated alkanes) is 9. The van der Waals surface area contributed by atoms with Crippen molar-refractivity contribution in [2.45, 2.75) is 111 Å². The third kappa shape index (κ3) is 13.2. The molecule has 0 heterocycles. The second-order valence-electron chi connectivity index (χ2n) is 7.06. The van der Waals surface area contributed by atoms with Crippen LogP contribution in [0, 0.1) is 11.8 Å². The lowest BCUT2D eigenvalue weighted by molar-refractivity contribution is -0.141. The molecule has 2 heteroatoms. The minimum atomic E-state index is -0.645. The number of aliphatic carboxylic acids is 1. The van der Waals surface area contributed by atoms with Gasteiger partial charge in [0.25, 0.3) is 0 Å². The molecular weight excluding hydrogens is 272 g/mol. The van der Waals surface area contributed by atoms with Gasteiger partial charge in [-0.15, -0.1) is 0 Å². The van der Waals surface area contributed by atoms with Gasteiger partial charge < -0.3 is 5.11 Å². The highest BCUT2D eigenvalue weighted by Gasteiger charge is 2.13. The number of carboxylic acid groups (broad SMARTS) is 1. The van der Waals surface area contributed by atoms with E-state index in [2.05, 4.69) is 13.8 Å². The van der Waals surface area contributed by atoms with Crippen molar-refractivity contribution in [3.05, 3.63) is 0 Å². The predicted octanol–water partition coefficient (Wildman–Crippen LogP) is 6.82. The van der Waals surface area contributed by atoms with E-state index in [0.717, 1.165) is 18.8 Å². The fourth-order valence-corrected chi connectivity index (χ4v) is 3.08. The zero-order valence-corrected chi connectivity index (χ0v) is 15.4. The first-order valence-electron chi connectivity index (χ1n) is 9.84. The maximum absolute atomic E-state index is 10.8. The molecular formula is C20H40O2. The van der Waals surface area contributed by atoms with Crippen molar-refractivity contribution in [3.63, 3.8) is 0 Å². The Kier molecular flexibility index (Phi) is 15.0. The molecule has 0 bridgehead atoms. The fourth-order valence-electron chi connectivity index (χ4n) is 3.08. The molecule has 0 aliphatic carbocycles. The van der Waals surface area contributed by atoms with Crippen LogP contribution in [0.2, 0.25) is 0 Å². The van der Waals surface area contributed by atoms with Crippen LogP contribution in [0.4, 0.5) is 0 Å². The minimum absolute atomic E-state index is 0.179. The van der Waals surface area contributed by atoms with Crippen molar-refractivity contribution in [2.24, 2.45) is 11.8 Å². The molecule has 2 unspecified atom stereocenters. The Bertz CT molecular complexity index is 250. The molecule has 0 spiro atoms. The summed E-state index contributed by atoms with van der Waals surface area (Å²) >= 11 is 0. The van der Waals surface area contributed by atoms with Crippen LogP contribution in [0.3, 0.4) is 0 Å².